The van der Waals surface area contributed by atoms with Gasteiger partial charge in [0.25, 0.3) is 0 Å². The fourth-order valence-electron chi connectivity index (χ4n) is 2.04. The Labute approximate surface area is 104 Å². The third kappa shape index (κ3) is 2.48. The van der Waals surface area contributed by atoms with Crippen LogP contribution in [-0.2, 0) is 9.47 Å². The molecule has 1 heterocycles. The molecular formula is C12H13NO3S. The van der Waals surface area contributed by atoms with Gasteiger partial charge in [0.1, 0.15) is 17.1 Å². The normalized spacial score (nSPS) is 23.3. The highest BCUT2D eigenvalue weighted by Gasteiger charge is 2.31. The van der Waals surface area contributed by atoms with Crippen LogP contribution in [0.15, 0.2) is 11.4 Å². The monoisotopic (exact) mass is 251 g/mol. The first-order chi connectivity index (χ1) is 8.26. The van der Waals surface area contributed by atoms with E-state index in [-0.39, 0.29) is 12.2 Å². The molecule has 1 saturated carbocycles. The molecule has 5 heteroatoms. The predicted molar refractivity (Wildman–Crippen MR) is 62.9 cm³/mol. The van der Waals surface area contributed by atoms with Crippen molar-refractivity contribution < 1.29 is 14.3 Å². The fraction of sp³-hybridized carbons (Fsp3) is 0.500. The summed E-state index contributed by atoms with van der Waals surface area (Å²) in [4.78, 5) is 12.3. The zero-order valence-electron chi connectivity index (χ0n) is 9.51. The maximum absolute atomic E-state index is 11.9. The van der Waals surface area contributed by atoms with Gasteiger partial charge in [-0.25, -0.2) is 4.79 Å². The maximum Gasteiger partial charge on any atom is 0.350 e. The van der Waals surface area contributed by atoms with Gasteiger partial charge in [-0.2, -0.15) is 5.26 Å². The van der Waals surface area contributed by atoms with E-state index in [1.807, 2.05) is 6.07 Å². The number of rotatable bonds is 3. The first kappa shape index (κ1) is 12.1. The lowest BCUT2D eigenvalue weighted by molar-refractivity contribution is -0.0203. The largest absolute Gasteiger partial charge is 0.455 e. The van der Waals surface area contributed by atoms with Crippen LogP contribution < -0.4 is 0 Å². The number of carbonyl (C=O) groups is 1. The molecule has 0 aromatic carbocycles. The Balaban J connectivity index is 2.05. The molecule has 4 nitrogen and oxygen atoms in total. The number of thiophene rings is 1. The van der Waals surface area contributed by atoms with Gasteiger partial charge in [0.05, 0.1) is 11.7 Å². The van der Waals surface area contributed by atoms with E-state index in [0.29, 0.717) is 10.4 Å². The zero-order chi connectivity index (χ0) is 12.3. The van der Waals surface area contributed by atoms with Crippen molar-refractivity contribution in [2.75, 3.05) is 7.11 Å². The third-order valence-corrected chi connectivity index (χ3v) is 3.82. The molecule has 0 saturated heterocycles. The van der Waals surface area contributed by atoms with E-state index in [0.717, 1.165) is 19.3 Å². The van der Waals surface area contributed by atoms with Crippen molar-refractivity contribution in [3.8, 4) is 6.07 Å². The molecule has 1 aliphatic carbocycles. The van der Waals surface area contributed by atoms with Crippen LogP contribution in [0, 0.1) is 11.3 Å². The van der Waals surface area contributed by atoms with Crippen LogP contribution in [0.2, 0.25) is 0 Å². The highest BCUT2D eigenvalue weighted by atomic mass is 32.1. The van der Waals surface area contributed by atoms with Crippen LogP contribution in [0.4, 0.5) is 0 Å². The number of esters is 1. The average Bonchev–Trinajstić information content (AvgIpc) is 2.96. The number of hydrogen-bond donors (Lipinski definition) is 0. The van der Waals surface area contributed by atoms with Crippen molar-refractivity contribution in [2.45, 2.75) is 31.5 Å². The summed E-state index contributed by atoms with van der Waals surface area (Å²) >= 11 is 1.24. The van der Waals surface area contributed by atoms with E-state index < -0.39 is 5.97 Å². The third-order valence-electron chi connectivity index (χ3n) is 2.92. The summed E-state index contributed by atoms with van der Waals surface area (Å²) in [7, 11) is 1.63. The van der Waals surface area contributed by atoms with Crippen molar-refractivity contribution in [1.82, 2.24) is 0 Å². The molecule has 1 fully saturated rings. The lowest BCUT2D eigenvalue weighted by Crippen LogP contribution is -2.27. The highest BCUT2D eigenvalue weighted by Crippen LogP contribution is 2.26. The Morgan fingerprint density at radius 3 is 3.00 bits per heavy atom. The topological polar surface area (TPSA) is 59.3 Å². The fourth-order valence-corrected chi connectivity index (χ4v) is 2.77. The predicted octanol–water partition coefficient (Wildman–Crippen LogP) is 2.34. The SMILES string of the molecule is CO[C@@H]1CCC[C@@H]1OC(=O)c1sccc1C#N. The molecule has 0 bridgehead atoms. The Bertz CT molecular complexity index is 449. The van der Waals surface area contributed by atoms with Crippen LogP contribution in [0.1, 0.15) is 34.5 Å². The molecular weight excluding hydrogens is 238 g/mol. The second-order valence-corrected chi connectivity index (χ2v) is 4.84. The van der Waals surface area contributed by atoms with Gasteiger partial charge < -0.3 is 9.47 Å². The van der Waals surface area contributed by atoms with E-state index >= 15 is 0 Å². The van der Waals surface area contributed by atoms with Gasteiger partial charge in [-0.15, -0.1) is 11.3 Å². The van der Waals surface area contributed by atoms with Crippen molar-refractivity contribution >= 4 is 17.3 Å². The smallest absolute Gasteiger partial charge is 0.350 e. The van der Waals surface area contributed by atoms with E-state index in [9.17, 15) is 4.79 Å². The summed E-state index contributed by atoms with van der Waals surface area (Å²) in [5.41, 5.74) is 0.381. The summed E-state index contributed by atoms with van der Waals surface area (Å²) in [6, 6.07) is 3.61. The van der Waals surface area contributed by atoms with Gasteiger partial charge in [-0.05, 0) is 30.7 Å². The molecule has 17 heavy (non-hydrogen) atoms. The van der Waals surface area contributed by atoms with Crippen molar-refractivity contribution in [2.24, 2.45) is 0 Å². The van der Waals surface area contributed by atoms with Crippen molar-refractivity contribution in [1.29, 1.82) is 5.26 Å². The number of methoxy groups -OCH3 is 1. The van der Waals surface area contributed by atoms with Gasteiger partial charge >= 0.3 is 5.97 Å². The molecule has 2 rings (SSSR count). The van der Waals surface area contributed by atoms with E-state index in [1.165, 1.54) is 11.3 Å². The molecule has 1 aromatic rings. The minimum atomic E-state index is -0.412. The lowest BCUT2D eigenvalue weighted by Gasteiger charge is -2.18. The van der Waals surface area contributed by atoms with Crippen molar-refractivity contribution in [3.05, 3.63) is 21.9 Å². The van der Waals surface area contributed by atoms with E-state index in [4.69, 9.17) is 14.7 Å². The summed E-state index contributed by atoms with van der Waals surface area (Å²) in [5.74, 6) is -0.412. The average molecular weight is 251 g/mol. The molecule has 90 valence electrons. The van der Waals surface area contributed by atoms with Gasteiger partial charge in [-0.1, -0.05) is 0 Å². The van der Waals surface area contributed by atoms with Gasteiger partial charge in [0.15, 0.2) is 0 Å². The summed E-state index contributed by atoms with van der Waals surface area (Å²) in [5, 5.41) is 10.6. The summed E-state index contributed by atoms with van der Waals surface area (Å²) in [6.45, 7) is 0. The second kappa shape index (κ2) is 5.30. The molecule has 0 spiro atoms. The minimum Gasteiger partial charge on any atom is -0.455 e. The lowest BCUT2D eigenvalue weighted by atomic mass is 10.2. The molecule has 2 atom stereocenters. The Morgan fingerprint density at radius 1 is 1.53 bits per heavy atom. The van der Waals surface area contributed by atoms with E-state index in [2.05, 4.69) is 0 Å². The highest BCUT2D eigenvalue weighted by molar-refractivity contribution is 7.12. The molecule has 0 N–H and O–H groups in total. The van der Waals surface area contributed by atoms with E-state index in [1.54, 1.807) is 18.6 Å². The molecule has 0 radical (unpaired) electrons. The molecule has 0 unspecified atom stereocenters. The summed E-state index contributed by atoms with van der Waals surface area (Å²) in [6.07, 6.45) is 2.57. The van der Waals surface area contributed by atoms with Crippen molar-refractivity contribution in [3.63, 3.8) is 0 Å². The van der Waals surface area contributed by atoms with Crippen LogP contribution in [0.25, 0.3) is 0 Å². The first-order valence-electron chi connectivity index (χ1n) is 5.47. The maximum atomic E-state index is 11.9. The van der Waals surface area contributed by atoms with Gasteiger partial charge in [-0.3, -0.25) is 0 Å². The Hall–Kier alpha value is -1.38. The first-order valence-corrected chi connectivity index (χ1v) is 6.35. The number of nitrogens with zero attached hydrogens (tertiary/aromatic N) is 1. The van der Waals surface area contributed by atoms with Gasteiger partial charge in [0, 0.05) is 7.11 Å². The molecule has 1 aromatic heterocycles. The molecule has 0 amide bonds. The van der Waals surface area contributed by atoms with Crippen LogP contribution in [-0.4, -0.2) is 25.3 Å². The van der Waals surface area contributed by atoms with Crippen LogP contribution >= 0.6 is 11.3 Å². The number of nitriles is 1. The number of ether oxygens (including phenoxy) is 2. The summed E-state index contributed by atoms with van der Waals surface area (Å²) < 4.78 is 10.7. The standard InChI is InChI=1S/C12H13NO3S/c1-15-9-3-2-4-10(9)16-12(14)11-8(7-13)5-6-17-11/h5-6,9-10H,2-4H2,1H3/t9-,10+/m1/s1. The minimum absolute atomic E-state index is 0.00977. The second-order valence-electron chi connectivity index (χ2n) is 3.92. The molecule has 1 aliphatic rings. The molecule has 0 aliphatic heterocycles. The Kier molecular flexibility index (Phi) is 3.77. The van der Waals surface area contributed by atoms with Crippen LogP contribution in [0.3, 0.4) is 0 Å². The Morgan fingerprint density at radius 2 is 2.29 bits per heavy atom. The zero-order valence-corrected chi connectivity index (χ0v) is 10.3. The number of carbonyl (C=O) groups excluding carboxylic acids is 1. The number of hydrogen-bond acceptors (Lipinski definition) is 5. The quantitative estimate of drug-likeness (QED) is 0.774. The van der Waals surface area contributed by atoms with Gasteiger partial charge in [0.2, 0.25) is 0 Å². The van der Waals surface area contributed by atoms with Crippen LogP contribution in [0.5, 0.6) is 0 Å².